The number of likely N-dealkylation sites (tertiary alicyclic amines) is 1. The van der Waals surface area contributed by atoms with Crippen molar-refractivity contribution in [3.63, 3.8) is 0 Å². The standard InChI is InChI=1S/C22H29FN4O2/c1-15-9-16(2)13-27(12-15)21(28)14-25-5-7-26(8-6-25)22(29)20-11-17-10-18(23)3-4-19(17)24-20/h3-4,10-11,15-16,24H,5-9,12-14H2,1-2H3/t15-,16-/m0/s1. The molecule has 7 heteroatoms. The highest BCUT2D eigenvalue weighted by Crippen LogP contribution is 2.21. The minimum absolute atomic E-state index is 0.0775. The predicted molar refractivity (Wildman–Crippen MR) is 110 cm³/mol. The topological polar surface area (TPSA) is 59.7 Å². The summed E-state index contributed by atoms with van der Waals surface area (Å²) in [7, 11) is 0. The maximum absolute atomic E-state index is 13.4. The molecular weight excluding hydrogens is 371 g/mol. The van der Waals surface area contributed by atoms with Crippen molar-refractivity contribution in [2.75, 3.05) is 45.8 Å². The summed E-state index contributed by atoms with van der Waals surface area (Å²) in [5, 5.41) is 0.697. The zero-order valence-electron chi connectivity index (χ0n) is 17.2. The third-order valence-electron chi connectivity index (χ3n) is 6.05. The van der Waals surface area contributed by atoms with Gasteiger partial charge >= 0.3 is 0 Å². The number of rotatable bonds is 3. The number of aromatic nitrogens is 1. The molecular formula is C22H29FN4O2. The molecule has 2 amide bonds. The fourth-order valence-electron chi connectivity index (χ4n) is 4.66. The van der Waals surface area contributed by atoms with Gasteiger partial charge in [0.25, 0.3) is 5.91 Å². The van der Waals surface area contributed by atoms with Crippen molar-refractivity contribution in [3.8, 4) is 0 Å². The zero-order chi connectivity index (χ0) is 20.5. The van der Waals surface area contributed by atoms with Gasteiger partial charge in [-0.25, -0.2) is 4.39 Å². The molecule has 0 spiro atoms. The summed E-state index contributed by atoms with van der Waals surface area (Å²) in [5.41, 5.74) is 1.23. The molecule has 2 aliphatic heterocycles. The second kappa shape index (κ2) is 8.14. The van der Waals surface area contributed by atoms with Crippen molar-refractivity contribution in [3.05, 3.63) is 35.8 Å². The zero-order valence-corrected chi connectivity index (χ0v) is 17.2. The fourth-order valence-corrected chi connectivity index (χ4v) is 4.66. The fraction of sp³-hybridized carbons (Fsp3) is 0.545. The quantitative estimate of drug-likeness (QED) is 0.862. The van der Waals surface area contributed by atoms with Crippen molar-refractivity contribution in [1.82, 2.24) is 19.7 Å². The van der Waals surface area contributed by atoms with Gasteiger partial charge in [-0.05, 0) is 42.5 Å². The number of fused-ring (bicyclic) bond motifs is 1. The summed E-state index contributed by atoms with van der Waals surface area (Å²) in [4.78, 5) is 34.5. The third-order valence-corrected chi connectivity index (χ3v) is 6.05. The summed E-state index contributed by atoms with van der Waals surface area (Å²) in [6, 6.07) is 6.16. The number of hydrogen-bond donors (Lipinski definition) is 1. The smallest absolute Gasteiger partial charge is 0.270 e. The summed E-state index contributed by atoms with van der Waals surface area (Å²) in [6.45, 7) is 9.08. The molecule has 1 aromatic heterocycles. The molecule has 4 rings (SSSR count). The number of H-pyrrole nitrogens is 1. The monoisotopic (exact) mass is 400 g/mol. The lowest BCUT2D eigenvalue weighted by molar-refractivity contribution is -0.135. The Morgan fingerprint density at radius 2 is 1.72 bits per heavy atom. The highest BCUT2D eigenvalue weighted by Gasteiger charge is 2.28. The van der Waals surface area contributed by atoms with Gasteiger partial charge in [0.15, 0.2) is 0 Å². The number of carbonyl (C=O) groups excluding carboxylic acids is 2. The first-order valence-corrected chi connectivity index (χ1v) is 10.5. The molecule has 0 unspecified atom stereocenters. The van der Waals surface area contributed by atoms with Crippen LogP contribution >= 0.6 is 0 Å². The molecule has 2 fully saturated rings. The minimum Gasteiger partial charge on any atom is -0.351 e. The summed E-state index contributed by atoms with van der Waals surface area (Å²) in [5.74, 6) is 0.919. The van der Waals surface area contributed by atoms with E-state index in [4.69, 9.17) is 0 Å². The Kier molecular flexibility index (Phi) is 5.58. The van der Waals surface area contributed by atoms with Crippen molar-refractivity contribution in [2.24, 2.45) is 11.8 Å². The van der Waals surface area contributed by atoms with E-state index in [-0.39, 0.29) is 17.6 Å². The highest BCUT2D eigenvalue weighted by atomic mass is 19.1. The molecule has 2 aromatic rings. The van der Waals surface area contributed by atoms with Crippen LogP contribution in [0, 0.1) is 17.7 Å². The van der Waals surface area contributed by atoms with Crippen LogP contribution in [-0.2, 0) is 4.79 Å². The Morgan fingerprint density at radius 3 is 2.41 bits per heavy atom. The number of benzene rings is 1. The Labute approximate surface area is 170 Å². The van der Waals surface area contributed by atoms with E-state index in [1.165, 1.54) is 18.6 Å². The van der Waals surface area contributed by atoms with Crippen molar-refractivity contribution < 1.29 is 14.0 Å². The van der Waals surface area contributed by atoms with Crippen LogP contribution in [0.1, 0.15) is 30.8 Å². The largest absolute Gasteiger partial charge is 0.351 e. The number of amides is 2. The first-order chi connectivity index (χ1) is 13.9. The Balaban J connectivity index is 1.31. The van der Waals surface area contributed by atoms with Crippen LogP contribution in [0.5, 0.6) is 0 Å². The van der Waals surface area contributed by atoms with E-state index in [0.717, 1.165) is 18.6 Å². The number of hydrogen-bond acceptors (Lipinski definition) is 3. The van der Waals surface area contributed by atoms with Gasteiger partial charge in [0.1, 0.15) is 11.5 Å². The molecule has 2 atom stereocenters. The van der Waals surface area contributed by atoms with Gasteiger partial charge in [0.2, 0.25) is 5.91 Å². The molecule has 0 saturated carbocycles. The van der Waals surface area contributed by atoms with Crippen molar-refractivity contribution in [1.29, 1.82) is 0 Å². The van der Waals surface area contributed by atoms with E-state index in [2.05, 4.69) is 23.7 Å². The number of piperazine rings is 1. The molecule has 6 nitrogen and oxygen atoms in total. The van der Waals surface area contributed by atoms with E-state index >= 15 is 0 Å². The van der Waals surface area contributed by atoms with Crippen LogP contribution in [0.4, 0.5) is 4.39 Å². The van der Waals surface area contributed by atoms with E-state index in [1.54, 1.807) is 17.0 Å². The van der Waals surface area contributed by atoms with Crippen LogP contribution in [0.15, 0.2) is 24.3 Å². The lowest BCUT2D eigenvalue weighted by Crippen LogP contribution is -2.53. The summed E-state index contributed by atoms with van der Waals surface area (Å²) >= 11 is 0. The molecule has 29 heavy (non-hydrogen) atoms. The van der Waals surface area contributed by atoms with E-state index in [0.29, 0.717) is 55.6 Å². The number of piperidine rings is 1. The van der Waals surface area contributed by atoms with Gasteiger partial charge in [0, 0.05) is 50.2 Å². The van der Waals surface area contributed by atoms with Crippen molar-refractivity contribution >= 4 is 22.7 Å². The number of aromatic amines is 1. The molecule has 0 radical (unpaired) electrons. The summed E-state index contributed by atoms with van der Waals surface area (Å²) < 4.78 is 13.4. The second-order valence-corrected chi connectivity index (χ2v) is 8.73. The maximum Gasteiger partial charge on any atom is 0.270 e. The lowest BCUT2D eigenvalue weighted by Gasteiger charge is -2.38. The molecule has 0 bridgehead atoms. The first-order valence-electron chi connectivity index (χ1n) is 10.5. The third kappa shape index (κ3) is 4.45. The van der Waals surface area contributed by atoms with E-state index < -0.39 is 0 Å². The highest BCUT2D eigenvalue weighted by molar-refractivity contribution is 5.98. The predicted octanol–water partition coefficient (Wildman–Crippen LogP) is 2.57. The van der Waals surface area contributed by atoms with Crippen LogP contribution in [0.25, 0.3) is 10.9 Å². The van der Waals surface area contributed by atoms with Gasteiger partial charge in [-0.2, -0.15) is 0 Å². The van der Waals surface area contributed by atoms with Crippen LogP contribution in [-0.4, -0.2) is 77.3 Å². The number of nitrogens with one attached hydrogen (secondary N) is 1. The molecule has 0 aliphatic carbocycles. The second-order valence-electron chi connectivity index (χ2n) is 8.73. The molecule has 1 N–H and O–H groups in total. The Hall–Kier alpha value is -2.41. The first kappa shape index (κ1) is 19.9. The van der Waals surface area contributed by atoms with E-state index in [9.17, 15) is 14.0 Å². The minimum atomic E-state index is -0.314. The Morgan fingerprint density at radius 1 is 1.03 bits per heavy atom. The number of carbonyl (C=O) groups is 2. The number of halogens is 1. The van der Waals surface area contributed by atoms with Gasteiger partial charge in [-0.1, -0.05) is 13.8 Å². The molecule has 2 saturated heterocycles. The molecule has 156 valence electrons. The lowest BCUT2D eigenvalue weighted by atomic mass is 9.92. The average molecular weight is 400 g/mol. The van der Waals surface area contributed by atoms with Gasteiger partial charge in [0.05, 0.1) is 6.54 Å². The van der Waals surface area contributed by atoms with Crippen LogP contribution in [0.2, 0.25) is 0 Å². The van der Waals surface area contributed by atoms with Crippen LogP contribution < -0.4 is 0 Å². The average Bonchev–Trinajstić information content (AvgIpc) is 3.10. The van der Waals surface area contributed by atoms with Gasteiger partial charge in [-0.15, -0.1) is 0 Å². The Bertz CT molecular complexity index is 893. The van der Waals surface area contributed by atoms with Gasteiger partial charge in [-0.3, -0.25) is 14.5 Å². The SMILES string of the molecule is C[C@H]1C[C@H](C)CN(C(=O)CN2CCN(C(=O)c3cc4cc(F)ccc4[nH]3)CC2)C1. The molecule has 2 aliphatic rings. The number of nitrogens with zero attached hydrogens (tertiary/aromatic N) is 3. The molecule has 3 heterocycles. The van der Waals surface area contributed by atoms with E-state index in [1.807, 2.05) is 4.90 Å². The van der Waals surface area contributed by atoms with Crippen molar-refractivity contribution in [2.45, 2.75) is 20.3 Å². The van der Waals surface area contributed by atoms with Crippen LogP contribution in [0.3, 0.4) is 0 Å². The maximum atomic E-state index is 13.4. The normalized spacial score (nSPS) is 23.6. The summed E-state index contributed by atoms with van der Waals surface area (Å²) in [6.07, 6.45) is 1.19. The molecule has 1 aromatic carbocycles. The van der Waals surface area contributed by atoms with Gasteiger partial charge < -0.3 is 14.8 Å².